The summed E-state index contributed by atoms with van der Waals surface area (Å²) >= 11 is 1.82. The highest BCUT2D eigenvalue weighted by Crippen LogP contribution is 2.34. The van der Waals surface area contributed by atoms with Gasteiger partial charge in [-0.25, -0.2) is 0 Å². The number of hydrogen-bond acceptors (Lipinski definition) is 5. The molecule has 0 unspecified atom stereocenters. The van der Waals surface area contributed by atoms with Crippen molar-refractivity contribution in [1.82, 2.24) is 9.88 Å². The molecule has 0 saturated carbocycles. The fourth-order valence-electron chi connectivity index (χ4n) is 3.74. The Bertz CT molecular complexity index is 733. The summed E-state index contributed by atoms with van der Waals surface area (Å²) < 4.78 is 6.11. The standard InChI is InChI=1S/C19H23N3O2S/c1-13-5-8-25-18(13)12-22-7-4-14-9-16(24-17(14)11-22)19(23)21-15-3-2-6-20-10-15/h2-3,5-6,8,10,14,16-17H,4,7,9,11-12H2,1H3,(H,21,23)/t14-,16+,17-/m0/s1. The second kappa shape index (κ2) is 7.23. The van der Waals surface area contributed by atoms with Gasteiger partial charge in [0.25, 0.3) is 5.91 Å². The maximum Gasteiger partial charge on any atom is 0.253 e. The smallest absolute Gasteiger partial charge is 0.253 e. The summed E-state index contributed by atoms with van der Waals surface area (Å²) in [6.45, 7) is 5.16. The fourth-order valence-corrected chi connectivity index (χ4v) is 4.68. The lowest BCUT2D eigenvalue weighted by molar-refractivity contribution is -0.127. The lowest BCUT2D eigenvalue weighted by Gasteiger charge is -2.33. The summed E-state index contributed by atoms with van der Waals surface area (Å²) in [5, 5.41) is 5.07. The number of nitrogens with zero attached hydrogens (tertiary/aromatic N) is 2. The molecule has 0 aliphatic carbocycles. The molecular weight excluding hydrogens is 334 g/mol. The molecule has 2 aliphatic heterocycles. The number of pyridine rings is 1. The number of amides is 1. The first-order valence-electron chi connectivity index (χ1n) is 8.81. The van der Waals surface area contributed by atoms with Crippen LogP contribution in [0.3, 0.4) is 0 Å². The third-order valence-corrected chi connectivity index (χ3v) is 6.20. The number of aromatic nitrogens is 1. The Kier molecular flexibility index (Phi) is 4.83. The number of piperidine rings is 1. The molecular formula is C19H23N3O2S. The molecule has 132 valence electrons. The highest BCUT2D eigenvalue weighted by atomic mass is 32.1. The van der Waals surface area contributed by atoms with Gasteiger partial charge in [0.2, 0.25) is 0 Å². The summed E-state index contributed by atoms with van der Waals surface area (Å²) in [5.74, 6) is 0.438. The quantitative estimate of drug-likeness (QED) is 0.914. The Labute approximate surface area is 152 Å². The van der Waals surface area contributed by atoms with Crippen LogP contribution in [0.25, 0.3) is 0 Å². The third kappa shape index (κ3) is 3.76. The Morgan fingerprint density at radius 2 is 2.40 bits per heavy atom. The Morgan fingerprint density at radius 1 is 1.48 bits per heavy atom. The first-order chi connectivity index (χ1) is 12.2. The van der Waals surface area contributed by atoms with E-state index >= 15 is 0 Å². The lowest BCUT2D eigenvalue weighted by Crippen LogP contribution is -2.41. The van der Waals surface area contributed by atoms with Crippen LogP contribution < -0.4 is 5.32 Å². The molecule has 4 rings (SSSR count). The van der Waals surface area contributed by atoms with Gasteiger partial charge in [0.1, 0.15) is 6.10 Å². The summed E-state index contributed by atoms with van der Waals surface area (Å²) in [6.07, 6.45) is 5.09. The monoisotopic (exact) mass is 357 g/mol. The molecule has 1 N–H and O–H groups in total. The molecule has 0 radical (unpaired) electrons. The second-order valence-corrected chi connectivity index (χ2v) is 7.94. The van der Waals surface area contributed by atoms with E-state index in [0.29, 0.717) is 5.92 Å². The zero-order valence-electron chi connectivity index (χ0n) is 14.4. The van der Waals surface area contributed by atoms with Crippen molar-refractivity contribution >= 4 is 22.9 Å². The van der Waals surface area contributed by atoms with Gasteiger partial charge in [-0.1, -0.05) is 0 Å². The van der Waals surface area contributed by atoms with Crippen LogP contribution in [0.5, 0.6) is 0 Å². The summed E-state index contributed by atoms with van der Waals surface area (Å²) in [4.78, 5) is 20.4. The van der Waals surface area contributed by atoms with E-state index < -0.39 is 0 Å². The first-order valence-corrected chi connectivity index (χ1v) is 9.68. The minimum absolute atomic E-state index is 0.0527. The van der Waals surface area contributed by atoms with Crippen LogP contribution in [0.1, 0.15) is 23.3 Å². The molecule has 2 aromatic heterocycles. The molecule has 2 aliphatic rings. The Hall–Kier alpha value is -1.76. The maximum absolute atomic E-state index is 12.5. The maximum atomic E-state index is 12.5. The summed E-state index contributed by atoms with van der Waals surface area (Å²) in [7, 11) is 0. The van der Waals surface area contributed by atoms with Gasteiger partial charge in [-0.3, -0.25) is 14.7 Å². The minimum Gasteiger partial charge on any atom is -0.364 e. The SMILES string of the molecule is Cc1ccsc1CN1CC[C@H]2C[C@H](C(=O)Nc3cccnc3)O[C@H]2C1. The van der Waals surface area contributed by atoms with Crippen molar-refractivity contribution in [3.63, 3.8) is 0 Å². The predicted octanol–water partition coefficient (Wildman–Crippen LogP) is 3.07. The van der Waals surface area contributed by atoms with Crippen molar-refractivity contribution in [3.05, 3.63) is 46.4 Å². The number of fused-ring (bicyclic) bond motifs is 1. The number of thiophene rings is 1. The van der Waals surface area contributed by atoms with Gasteiger partial charge in [-0.2, -0.15) is 0 Å². The van der Waals surface area contributed by atoms with Crippen LogP contribution >= 0.6 is 11.3 Å². The number of hydrogen-bond donors (Lipinski definition) is 1. The Balaban J connectivity index is 1.33. The van der Waals surface area contributed by atoms with E-state index in [1.54, 1.807) is 12.4 Å². The van der Waals surface area contributed by atoms with E-state index in [4.69, 9.17) is 4.74 Å². The van der Waals surface area contributed by atoms with Gasteiger partial charge >= 0.3 is 0 Å². The van der Waals surface area contributed by atoms with Crippen molar-refractivity contribution in [2.24, 2.45) is 5.92 Å². The highest BCUT2D eigenvalue weighted by molar-refractivity contribution is 7.10. The van der Waals surface area contributed by atoms with E-state index in [-0.39, 0.29) is 18.1 Å². The Morgan fingerprint density at radius 3 is 3.16 bits per heavy atom. The molecule has 0 spiro atoms. The van der Waals surface area contributed by atoms with E-state index in [1.165, 1.54) is 10.4 Å². The largest absolute Gasteiger partial charge is 0.364 e. The van der Waals surface area contributed by atoms with E-state index in [1.807, 2.05) is 23.5 Å². The number of anilines is 1. The first kappa shape index (κ1) is 16.7. The van der Waals surface area contributed by atoms with Crippen LogP contribution in [-0.4, -0.2) is 41.1 Å². The zero-order valence-corrected chi connectivity index (χ0v) is 15.2. The average molecular weight is 357 g/mol. The van der Waals surface area contributed by atoms with Gasteiger partial charge < -0.3 is 10.1 Å². The van der Waals surface area contributed by atoms with Gasteiger partial charge in [-0.05, 0) is 61.4 Å². The number of aryl methyl sites for hydroxylation is 1. The van der Waals surface area contributed by atoms with E-state index in [2.05, 4.69) is 33.6 Å². The second-order valence-electron chi connectivity index (χ2n) is 6.94. The molecule has 6 heteroatoms. The van der Waals surface area contributed by atoms with Crippen molar-refractivity contribution in [1.29, 1.82) is 0 Å². The van der Waals surface area contributed by atoms with Crippen LogP contribution in [0.15, 0.2) is 36.0 Å². The predicted molar refractivity (Wildman–Crippen MR) is 98.6 cm³/mol. The normalized spacial score (nSPS) is 26.4. The summed E-state index contributed by atoms with van der Waals surface area (Å²) in [6, 6.07) is 5.84. The van der Waals surface area contributed by atoms with Crippen LogP contribution in [0.2, 0.25) is 0 Å². The molecule has 5 nitrogen and oxygen atoms in total. The number of nitrogens with one attached hydrogen (secondary N) is 1. The van der Waals surface area contributed by atoms with Crippen LogP contribution in [0.4, 0.5) is 5.69 Å². The minimum atomic E-state index is -0.348. The fraction of sp³-hybridized carbons (Fsp3) is 0.474. The van der Waals surface area contributed by atoms with Crippen molar-refractivity contribution in [2.45, 2.75) is 38.5 Å². The number of carbonyl (C=O) groups excluding carboxylic acids is 1. The van der Waals surface area contributed by atoms with Gasteiger partial charge in [0.05, 0.1) is 18.0 Å². The van der Waals surface area contributed by atoms with Gasteiger partial charge in [0.15, 0.2) is 0 Å². The molecule has 25 heavy (non-hydrogen) atoms. The molecule has 2 aromatic rings. The van der Waals surface area contributed by atoms with Crippen molar-refractivity contribution in [2.75, 3.05) is 18.4 Å². The zero-order chi connectivity index (χ0) is 17.2. The molecule has 2 saturated heterocycles. The molecule has 0 aromatic carbocycles. The van der Waals surface area contributed by atoms with Gasteiger partial charge in [0, 0.05) is 24.2 Å². The van der Waals surface area contributed by atoms with E-state index in [9.17, 15) is 4.79 Å². The number of rotatable bonds is 4. The van der Waals surface area contributed by atoms with Crippen molar-refractivity contribution in [3.8, 4) is 0 Å². The number of likely N-dealkylation sites (tertiary alicyclic amines) is 1. The summed E-state index contributed by atoms with van der Waals surface area (Å²) in [5.41, 5.74) is 2.09. The van der Waals surface area contributed by atoms with Gasteiger partial charge in [-0.15, -0.1) is 11.3 Å². The van der Waals surface area contributed by atoms with Crippen LogP contribution in [0, 0.1) is 12.8 Å². The topological polar surface area (TPSA) is 54.5 Å². The number of ether oxygens (including phenoxy) is 1. The molecule has 1 amide bonds. The molecule has 3 atom stereocenters. The lowest BCUT2D eigenvalue weighted by atomic mass is 9.91. The average Bonchev–Trinajstić information content (AvgIpc) is 3.22. The third-order valence-electron chi connectivity index (χ3n) is 5.19. The van der Waals surface area contributed by atoms with Crippen LogP contribution in [-0.2, 0) is 16.1 Å². The van der Waals surface area contributed by atoms with Crippen molar-refractivity contribution < 1.29 is 9.53 Å². The number of carbonyl (C=O) groups is 1. The molecule has 0 bridgehead atoms. The molecule has 4 heterocycles. The van der Waals surface area contributed by atoms with E-state index in [0.717, 1.165) is 38.2 Å². The molecule has 2 fully saturated rings. The highest BCUT2D eigenvalue weighted by Gasteiger charge is 2.41.